The minimum absolute atomic E-state index is 0.234. The third-order valence-corrected chi connectivity index (χ3v) is 2.10. The van der Waals surface area contributed by atoms with E-state index in [9.17, 15) is 4.79 Å². The SMILES string of the molecule is CCCOc1nnc(C(=O)OCC)s1. The predicted octanol–water partition coefficient (Wildman–Crippen LogP) is 1.50. The van der Waals surface area contributed by atoms with Gasteiger partial charge in [0.05, 0.1) is 13.2 Å². The molecule has 0 radical (unpaired) electrons. The summed E-state index contributed by atoms with van der Waals surface area (Å²) < 4.78 is 9.96. The summed E-state index contributed by atoms with van der Waals surface area (Å²) in [4.78, 5) is 11.2. The minimum Gasteiger partial charge on any atom is -0.469 e. The van der Waals surface area contributed by atoms with E-state index >= 15 is 0 Å². The molecule has 0 aliphatic rings. The molecule has 1 aromatic rings. The molecule has 78 valence electrons. The quantitative estimate of drug-likeness (QED) is 0.698. The fraction of sp³-hybridized carbons (Fsp3) is 0.625. The first-order chi connectivity index (χ1) is 6.77. The number of carbonyl (C=O) groups excluding carboxylic acids is 1. The van der Waals surface area contributed by atoms with Crippen LogP contribution in [-0.2, 0) is 4.74 Å². The Hall–Kier alpha value is -1.17. The summed E-state index contributed by atoms with van der Waals surface area (Å²) in [6, 6.07) is 0. The van der Waals surface area contributed by atoms with Crippen molar-refractivity contribution < 1.29 is 14.3 Å². The van der Waals surface area contributed by atoms with E-state index in [1.807, 2.05) is 6.92 Å². The first kappa shape index (κ1) is 10.9. The first-order valence-corrected chi connectivity index (χ1v) is 5.23. The second-order valence-electron chi connectivity index (χ2n) is 2.44. The van der Waals surface area contributed by atoms with E-state index in [4.69, 9.17) is 9.47 Å². The van der Waals surface area contributed by atoms with Crippen LogP contribution >= 0.6 is 11.3 Å². The van der Waals surface area contributed by atoms with Crippen molar-refractivity contribution in [3.63, 3.8) is 0 Å². The Kier molecular flexibility index (Phi) is 4.31. The molecular formula is C8H12N2O3S. The van der Waals surface area contributed by atoms with Gasteiger partial charge in [0.2, 0.25) is 5.01 Å². The number of nitrogens with zero attached hydrogens (tertiary/aromatic N) is 2. The maximum Gasteiger partial charge on any atom is 0.369 e. The minimum atomic E-state index is -0.448. The van der Waals surface area contributed by atoms with Crippen LogP contribution in [0.5, 0.6) is 5.19 Å². The molecule has 0 N–H and O–H groups in total. The van der Waals surface area contributed by atoms with Crippen molar-refractivity contribution >= 4 is 17.3 Å². The lowest BCUT2D eigenvalue weighted by Gasteiger charge is -1.96. The summed E-state index contributed by atoms with van der Waals surface area (Å²) in [6.07, 6.45) is 0.897. The van der Waals surface area contributed by atoms with Gasteiger partial charge in [0.15, 0.2) is 0 Å². The molecule has 5 nitrogen and oxygen atoms in total. The van der Waals surface area contributed by atoms with Crippen LogP contribution in [-0.4, -0.2) is 29.4 Å². The number of ether oxygens (including phenoxy) is 2. The summed E-state index contributed by atoms with van der Waals surface area (Å²) in [5.41, 5.74) is 0. The van der Waals surface area contributed by atoms with Crippen molar-refractivity contribution in [2.24, 2.45) is 0 Å². The fourth-order valence-corrected chi connectivity index (χ4v) is 1.35. The Balaban J connectivity index is 2.54. The Morgan fingerprint density at radius 1 is 1.43 bits per heavy atom. The predicted molar refractivity (Wildman–Crippen MR) is 51.7 cm³/mol. The van der Waals surface area contributed by atoms with E-state index in [1.54, 1.807) is 6.92 Å². The van der Waals surface area contributed by atoms with Gasteiger partial charge >= 0.3 is 5.97 Å². The molecular weight excluding hydrogens is 204 g/mol. The summed E-state index contributed by atoms with van der Waals surface area (Å²) >= 11 is 1.10. The molecule has 0 aliphatic heterocycles. The fourth-order valence-electron chi connectivity index (χ4n) is 0.733. The van der Waals surface area contributed by atoms with Crippen LogP contribution in [0.15, 0.2) is 0 Å². The number of rotatable bonds is 5. The Morgan fingerprint density at radius 3 is 2.86 bits per heavy atom. The van der Waals surface area contributed by atoms with Crippen LogP contribution in [0.25, 0.3) is 0 Å². The molecule has 0 aromatic carbocycles. The lowest BCUT2D eigenvalue weighted by Crippen LogP contribution is -2.03. The molecule has 6 heteroatoms. The van der Waals surface area contributed by atoms with Crippen LogP contribution in [0.2, 0.25) is 0 Å². The number of aromatic nitrogens is 2. The molecule has 0 spiro atoms. The highest BCUT2D eigenvalue weighted by Gasteiger charge is 2.13. The van der Waals surface area contributed by atoms with Gasteiger partial charge in [0.25, 0.3) is 5.19 Å². The summed E-state index contributed by atoms with van der Waals surface area (Å²) in [7, 11) is 0. The lowest BCUT2D eigenvalue weighted by molar-refractivity contribution is 0.0525. The van der Waals surface area contributed by atoms with E-state index in [2.05, 4.69) is 10.2 Å². The van der Waals surface area contributed by atoms with Gasteiger partial charge in [-0.05, 0) is 24.7 Å². The van der Waals surface area contributed by atoms with Gasteiger partial charge in [-0.25, -0.2) is 4.79 Å². The molecule has 0 amide bonds. The standard InChI is InChI=1S/C8H12N2O3S/c1-3-5-13-8-10-9-6(14-8)7(11)12-4-2/h3-5H2,1-2H3. The monoisotopic (exact) mass is 216 g/mol. The average molecular weight is 216 g/mol. The molecule has 14 heavy (non-hydrogen) atoms. The Bertz CT molecular complexity index is 301. The molecule has 0 fully saturated rings. The summed E-state index contributed by atoms with van der Waals surface area (Å²) in [5.74, 6) is -0.448. The van der Waals surface area contributed by atoms with E-state index in [-0.39, 0.29) is 5.01 Å². The van der Waals surface area contributed by atoms with Gasteiger partial charge in [0.1, 0.15) is 0 Å². The van der Waals surface area contributed by atoms with Gasteiger partial charge < -0.3 is 9.47 Å². The van der Waals surface area contributed by atoms with Crippen LogP contribution in [0.4, 0.5) is 0 Å². The van der Waals surface area contributed by atoms with Gasteiger partial charge in [-0.15, -0.1) is 5.10 Å². The van der Waals surface area contributed by atoms with Gasteiger partial charge in [-0.2, -0.15) is 0 Å². The second kappa shape index (κ2) is 5.54. The van der Waals surface area contributed by atoms with Crippen molar-refractivity contribution in [1.82, 2.24) is 10.2 Å². The summed E-state index contributed by atoms with van der Waals surface area (Å²) in [5, 5.41) is 8.01. The van der Waals surface area contributed by atoms with E-state index in [0.29, 0.717) is 18.4 Å². The van der Waals surface area contributed by atoms with Crippen molar-refractivity contribution in [3.05, 3.63) is 5.01 Å². The highest BCUT2D eigenvalue weighted by Crippen LogP contribution is 2.18. The van der Waals surface area contributed by atoms with Crippen molar-refractivity contribution in [2.75, 3.05) is 13.2 Å². The zero-order valence-electron chi connectivity index (χ0n) is 8.15. The maximum atomic E-state index is 11.2. The van der Waals surface area contributed by atoms with Crippen LogP contribution in [0, 0.1) is 0 Å². The number of hydrogen-bond donors (Lipinski definition) is 0. The number of esters is 1. The Morgan fingerprint density at radius 2 is 2.21 bits per heavy atom. The highest BCUT2D eigenvalue weighted by molar-refractivity contribution is 7.14. The topological polar surface area (TPSA) is 61.3 Å². The number of hydrogen-bond acceptors (Lipinski definition) is 6. The molecule has 0 unspecified atom stereocenters. The summed E-state index contributed by atoms with van der Waals surface area (Å²) in [6.45, 7) is 4.65. The van der Waals surface area contributed by atoms with E-state index in [1.165, 1.54) is 0 Å². The van der Waals surface area contributed by atoms with Crippen LogP contribution < -0.4 is 4.74 Å². The molecule has 0 atom stereocenters. The van der Waals surface area contributed by atoms with E-state index in [0.717, 1.165) is 17.8 Å². The Labute approximate surface area is 86.1 Å². The lowest BCUT2D eigenvalue weighted by atomic mass is 10.5. The largest absolute Gasteiger partial charge is 0.469 e. The normalized spacial score (nSPS) is 9.86. The van der Waals surface area contributed by atoms with Crippen LogP contribution in [0.1, 0.15) is 30.1 Å². The first-order valence-electron chi connectivity index (χ1n) is 4.41. The van der Waals surface area contributed by atoms with Gasteiger partial charge in [-0.1, -0.05) is 12.0 Å². The number of carbonyl (C=O) groups is 1. The average Bonchev–Trinajstić information content (AvgIpc) is 2.63. The van der Waals surface area contributed by atoms with Crippen molar-refractivity contribution in [3.8, 4) is 5.19 Å². The van der Waals surface area contributed by atoms with Gasteiger partial charge in [0, 0.05) is 0 Å². The molecule has 0 saturated heterocycles. The zero-order chi connectivity index (χ0) is 10.4. The van der Waals surface area contributed by atoms with Crippen molar-refractivity contribution in [1.29, 1.82) is 0 Å². The zero-order valence-corrected chi connectivity index (χ0v) is 8.97. The maximum absolute atomic E-state index is 11.2. The molecule has 1 heterocycles. The second-order valence-corrected chi connectivity index (χ2v) is 3.38. The molecule has 1 aromatic heterocycles. The third kappa shape index (κ3) is 2.95. The smallest absolute Gasteiger partial charge is 0.369 e. The van der Waals surface area contributed by atoms with Crippen LogP contribution in [0.3, 0.4) is 0 Å². The van der Waals surface area contributed by atoms with Crippen molar-refractivity contribution in [2.45, 2.75) is 20.3 Å². The van der Waals surface area contributed by atoms with E-state index < -0.39 is 5.97 Å². The molecule has 1 rings (SSSR count). The third-order valence-electron chi connectivity index (χ3n) is 1.29. The molecule has 0 bridgehead atoms. The highest BCUT2D eigenvalue weighted by atomic mass is 32.1. The van der Waals surface area contributed by atoms with Gasteiger partial charge in [-0.3, -0.25) is 0 Å². The molecule has 0 saturated carbocycles. The molecule has 0 aliphatic carbocycles.